The fourth-order valence-electron chi connectivity index (χ4n) is 5.26. The number of nitrogens with one attached hydrogen (secondary N) is 2. The Bertz CT molecular complexity index is 784. The van der Waals surface area contributed by atoms with E-state index in [1.54, 1.807) is 0 Å². The summed E-state index contributed by atoms with van der Waals surface area (Å²) in [4.78, 5) is 27.4. The Morgan fingerprint density at radius 3 is 2.39 bits per heavy atom. The van der Waals surface area contributed by atoms with Crippen molar-refractivity contribution in [2.45, 2.75) is 96.1 Å². The molecule has 0 aromatic carbocycles. The van der Waals surface area contributed by atoms with Crippen LogP contribution in [0.3, 0.4) is 0 Å². The fraction of sp³-hybridized carbons (Fsp3) is 0.826. The molecule has 1 atom stereocenters. The van der Waals surface area contributed by atoms with E-state index < -0.39 is 0 Å². The second kappa shape index (κ2) is 9.17. The van der Waals surface area contributed by atoms with E-state index in [2.05, 4.69) is 25.4 Å². The van der Waals surface area contributed by atoms with Gasteiger partial charge in [0.1, 0.15) is 17.7 Å². The van der Waals surface area contributed by atoms with E-state index in [-0.39, 0.29) is 29.4 Å². The van der Waals surface area contributed by atoms with Crippen molar-refractivity contribution in [2.24, 2.45) is 5.92 Å². The van der Waals surface area contributed by atoms with Gasteiger partial charge in [0.05, 0.1) is 0 Å². The van der Waals surface area contributed by atoms with Crippen molar-refractivity contribution in [2.75, 3.05) is 19.6 Å². The summed E-state index contributed by atoms with van der Waals surface area (Å²) in [6.07, 6.45) is 9.69. The molecule has 1 aromatic rings. The summed E-state index contributed by atoms with van der Waals surface area (Å²) >= 11 is 0. The van der Waals surface area contributed by atoms with Crippen LogP contribution in [-0.2, 0) is 11.2 Å². The molecule has 3 heterocycles. The standard InChI is InChI=1S/C23H38N6O2/c1-23(2,3)25-22(31)28-13-11-17(12-14-28)20-27-26-19-10-9-18(29(19)20)21(30)24-15-16-7-5-4-6-8-16/h16-18H,4-15H2,1-3H3,(H,24,30)(H,25,31). The highest BCUT2D eigenvalue weighted by atomic mass is 16.2. The largest absolute Gasteiger partial charge is 0.354 e. The number of rotatable bonds is 4. The van der Waals surface area contributed by atoms with Crippen LogP contribution in [0.25, 0.3) is 0 Å². The van der Waals surface area contributed by atoms with Crippen LogP contribution in [0.1, 0.15) is 95.7 Å². The first-order chi connectivity index (χ1) is 14.8. The van der Waals surface area contributed by atoms with Gasteiger partial charge >= 0.3 is 6.03 Å². The summed E-state index contributed by atoms with van der Waals surface area (Å²) in [7, 11) is 0. The molecule has 1 unspecified atom stereocenters. The van der Waals surface area contributed by atoms with Gasteiger partial charge in [0.2, 0.25) is 5.91 Å². The Hall–Kier alpha value is -2.12. The Morgan fingerprint density at radius 1 is 1.00 bits per heavy atom. The molecule has 2 fully saturated rings. The van der Waals surface area contributed by atoms with E-state index in [4.69, 9.17) is 0 Å². The maximum atomic E-state index is 13.0. The number of urea groups is 1. The SMILES string of the molecule is CC(C)(C)NC(=O)N1CCC(c2nnc3n2C(C(=O)NCC2CCCCC2)CC3)CC1. The zero-order valence-electron chi connectivity index (χ0n) is 19.3. The minimum atomic E-state index is -0.236. The third-order valence-electron chi connectivity index (χ3n) is 6.97. The number of amides is 3. The van der Waals surface area contributed by atoms with E-state index in [9.17, 15) is 9.59 Å². The van der Waals surface area contributed by atoms with E-state index in [1.807, 2.05) is 25.7 Å². The van der Waals surface area contributed by atoms with Crippen LogP contribution in [0.2, 0.25) is 0 Å². The number of carbonyl (C=O) groups excluding carboxylic acids is 2. The van der Waals surface area contributed by atoms with Gasteiger partial charge < -0.3 is 20.1 Å². The lowest BCUT2D eigenvalue weighted by Gasteiger charge is -2.34. The molecular weight excluding hydrogens is 392 g/mol. The highest BCUT2D eigenvalue weighted by Crippen LogP contribution is 2.34. The molecule has 0 bridgehead atoms. The molecule has 2 aliphatic heterocycles. The topological polar surface area (TPSA) is 92.2 Å². The van der Waals surface area contributed by atoms with Gasteiger partial charge in [0.25, 0.3) is 0 Å². The lowest BCUT2D eigenvalue weighted by Crippen LogP contribution is -2.50. The average molecular weight is 431 g/mol. The van der Waals surface area contributed by atoms with Crippen molar-refractivity contribution >= 4 is 11.9 Å². The molecule has 172 valence electrons. The van der Waals surface area contributed by atoms with Crippen LogP contribution in [0.4, 0.5) is 4.79 Å². The molecule has 0 spiro atoms. The molecule has 1 aliphatic carbocycles. The van der Waals surface area contributed by atoms with Crippen LogP contribution in [0.5, 0.6) is 0 Å². The van der Waals surface area contributed by atoms with E-state index >= 15 is 0 Å². The molecule has 3 aliphatic rings. The van der Waals surface area contributed by atoms with Crippen molar-refractivity contribution in [3.8, 4) is 0 Å². The second-order valence-corrected chi connectivity index (χ2v) is 10.6. The summed E-state index contributed by atoms with van der Waals surface area (Å²) < 4.78 is 2.10. The molecule has 4 rings (SSSR count). The van der Waals surface area contributed by atoms with Crippen molar-refractivity contribution in [3.63, 3.8) is 0 Å². The first kappa shape index (κ1) is 22.1. The molecule has 1 saturated heterocycles. The van der Waals surface area contributed by atoms with Crippen molar-refractivity contribution < 1.29 is 9.59 Å². The van der Waals surface area contributed by atoms with Crippen LogP contribution in [-0.4, -0.2) is 56.8 Å². The van der Waals surface area contributed by atoms with Gasteiger partial charge in [-0.2, -0.15) is 0 Å². The summed E-state index contributed by atoms with van der Waals surface area (Å²) in [5.41, 5.74) is -0.236. The number of piperidine rings is 1. The number of hydrogen-bond donors (Lipinski definition) is 2. The number of fused-ring (bicyclic) bond motifs is 1. The lowest BCUT2D eigenvalue weighted by molar-refractivity contribution is -0.124. The van der Waals surface area contributed by atoms with Gasteiger partial charge in [-0.3, -0.25) is 4.79 Å². The van der Waals surface area contributed by atoms with Gasteiger partial charge in [-0.1, -0.05) is 19.3 Å². The fourth-order valence-corrected chi connectivity index (χ4v) is 5.26. The van der Waals surface area contributed by atoms with Crippen molar-refractivity contribution in [1.29, 1.82) is 0 Å². The maximum absolute atomic E-state index is 13.0. The quantitative estimate of drug-likeness (QED) is 0.768. The minimum Gasteiger partial charge on any atom is -0.354 e. The zero-order chi connectivity index (χ0) is 22.0. The predicted molar refractivity (Wildman–Crippen MR) is 119 cm³/mol. The third kappa shape index (κ3) is 5.21. The molecule has 0 radical (unpaired) electrons. The van der Waals surface area contributed by atoms with E-state index in [0.29, 0.717) is 19.0 Å². The average Bonchev–Trinajstić information content (AvgIpc) is 3.34. The van der Waals surface area contributed by atoms with Crippen molar-refractivity contribution in [3.05, 3.63) is 11.6 Å². The van der Waals surface area contributed by atoms with E-state index in [1.165, 1.54) is 32.1 Å². The second-order valence-electron chi connectivity index (χ2n) is 10.6. The number of nitrogens with zero attached hydrogens (tertiary/aromatic N) is 4. The van der Waals surface area contributed by atoms with E-state index in [0.717, 1.165) is 43.9 Å². The van der Waals surface area contributed by atoms with Crippen molar-refractivity contribution in [1.82, 2.24) is 30.3 Å². The van der Waals surface area contributed by atoms with Gasteiger partial charge in [-0.05, 0) is 58.8 Å². The van der Waals surface area contributed by atoms with Gasteiger partial charge in [-0.25, -0.2) is 4.79 Å². The highest BCUT2D eigenvalue weighted by Gasteiger charge is 2.36. The number of carbonyl (C=O) groups is 2. The first-order valence-corrected chi connectivity index (χ1v) is 12.1. The third-order valence-corrected chi connectivity index (χ3v) is 6.97. The Balaban J connectivity index is 1.35. The molecule has 31 heavy (non-hydrogen) atoms. The number of likely N-dealkylation sites (tertiary alicyclic amines) is 1. The van der Waals surface area contributed by atoms with Gasteiger partial charge in [-0.15, -0.1) is 10.2 Å². The van der Waals surface area contributed by atoms with Crippen LogP contribution < -0.4 is 10.6 Å². The molecule has 8 heteroatoms. The number of aryl methyl sites for hydroxylation is 1. The normalized spacial score (nSPS) is 22.9. The molecular formula is C23H38N6O2. The Labute approximate surface area is 185 Å². The van der Waals surface area contributed by atoms with Gasteiger partial charge in [0, 0.05) is 37.5 Å². The maximum Gasteiger partial charge on any atom is 0.317 e. The Morgan fingerprint density at radius 2 is 1.71 bits per heavy atom. The van der Waals surface area contributed by atoms with Crippen LogP contribution >= 0.6 is 0 Å². The zero-order valence-corrected chi connectivity index (χ0v) is 19.3. The van der Waals surface area contributed by atoms with Gasteiger partial charge in [0.15, 0.2) is 0 Å². The smallest absolute Gasteiger partial charge is 0.317 e. The minimum absolute atomic E-state index is 0.00242. The monoisotopic (exact) mass is 430 g/mol. The summed E-state index contributed by atoms with van der Waals surface area (Å²) in [6.45, 7) is 8.19. The number of aromatic nitrogens is 3. The van der Waals surface area contributed by atoms with Crippen LogP contribution in [0, 0.1) is 5.92 Å². The summed E-state index contributed by atoms with van der Waals surface area (Å²) in [6, 6.07) is -0.191. The van der Waals surface area contributed by atoms with Crippen LogP contribution in [0.15, 0.2) is 0 Å². The molecule has 3 amide bonds. The molecule has 1 saturated carbocycles. The first-order valence-electron chi connectivity index (χ1n) is 12.1. The predicted octanol–water partition coefficient (Wildman–Crippen LogP) is 3.15. The summed E-state index contributed by atoms with van der Waals surface area (Å²) in [5, 5.41) is 15.2. The Kier molecular flexibility index (Phi) is 6.53. The lowest BCUT2D eigenvalue weighted by atomic mass is 9.89. The number of hydrogen-bond acceptors (Lipinski definition) is 4. The highest BCUT2D eigenvalue weighted by molar-refractivity contribution is 5.81. The molecule has 1 aromatic heterocycles. The molecule has 2 N–H and O–H groups in total. The summed E-state index contributed by atoms with van der Waals surface area (Å²) in [5.74, 6) is 2.85. The molecule has 8 nitrogen and oxygen atoms in total.